The Hall–Kier alpha value is -3.46. The fourth-order valence-electron chi connectivity index (χ4n) is 4.05. The summed E-state index contributed by atoms with van der Waals surface area (Å²) in [7, 11) is -4.42. The predicted molar refractivity (Wildman–Crippen MR) is 118 cm³/mol. The van der Waals surface area contributed by atoms with Gasteiger partial charge >= 0.3 is 15.6 Å². The Balaban J connectivity index is 1.85. The number of benzene rings is 2. The highest BCUT2D eigenvalue weighted by Crippen LogP contribution is 2.40. The van der Waals surface area contributed by atoms with Crippen molar-refractivity contribution in [2.45, 2.75) is 37.9 Å². The van der Waals surface area contributed by atoms with Crippen LogP contribution in [0.3, 0.4) is 0 Å². The molecule has 0 unspecified atom stereocenters. The lowest BCUT2D eigenvalue weighted by Crippen LogP contribution is -2.29. The molecule has 1 atom stereocenters. The average molecular weight is 494 g/mol. The molecule has 34 heavy (non-hydrogen) atoms. The SMILES string of the molecule is COc1ccc(Cn2cc3c(N4CCC[C@H]4C)cc(OS(=O)(=O)C(F)(F)F)c(C#N)c3n2)cc1. The van der Waals surface area contributed by atoms with Gasteiger partial charge in [-0.05, 0) is 37.5 Å². The summed E-state index contributed by atoms with van der Waals surface area (Å²) in [4.78, 5) is 1.95. The van der Waals surface area contributed by atoms with Gasteiger partial charge in [0.25, 0.3) is 0 Å². The normalized spacial score (nSPS) is 16.6. The monoisotopic (exact) mass is 494 g/mol. The van der Waals surface area contributed by atoms with Crippen LogP contribution in [0.15, 0.2) is 36.5 Å². The third-order valence-electron chi connectivity index (χ3n) is 5.75. The van der Waals surface area contributed by atoms with Gasteiger partial charge in [0.15, 0.2) is 5.75 Å². The Morgan fingerprint density at radius 1 is 1.26 bits per heavy atom. The van der Waals surface area contributed by atoms with Crippen molar-refractivity contribution in [3.05, 3.63) is 47.7 Å². The third-order valence-corrected chi connectivity index (χ3v) is 6.72. The zero-order valence-corrected chi connectivity index (χ0v) is 19.2. The largest absolute Gasteiger partial charge is 0.534 e. The maximum atomic E-state index is 13.0. The summed E-state index contributed by atoms with van der Waals surface area (Å²) in [5, 5.41) is 14.6. The van der Waals surface area contributed by atoms with Crippen molar-refractivity contribution in [1.82, 2.24) is 9.78 Å². The van der Waals surface area contributed by atoms with E-state index < -0.39 is 21.4 Å². The molecule has 0 N–H and O–H groups in total. The summed E-state index contributed by atoms with van der Waals surface area (Å²) in [6.07, 6.45) is 3.42. The van der Waals surface area contributed by atoms with E-state index in [0.717, 1.165) is 18.4 Å². The van der Waals surface area contributed by atoms with E-state index >= 15 is 0 Å². The van der Waals surface area contributed by atoms with Crippen LogP contribution in [0.4, 0.5) is 18.9 Å². The van der Waals surface area contributed by atoms with Crippen LogP contribution in [-0.2, 0) is 16.7 Å². The third kappa shape index (κ3) is 4.35. The first-order chi connectivity index (χ1) is 16.0. The second kappa shape index (κ2) is 8.72. The molecule has 1 aliphatic rings. The van der Waals surface area contributed by atoms with Crippen LogP contribution >= 0.6 is 0 Å². The smallest absolute Gasteiger partial charge is 0.497 e. The Bertz CT molecular complexity index is 1360. The average Bonchev–Trinajstić information content (AvgIpc) is 3.38. The van der Waals surface area contributed by atoms with Crippen molar-refractivity contribution >= 4 is 26.7 Å². The van der Waals surface area contributed by atoms with Crippen molar-refractivity contribution in [3.8, 4) is 17.6 Å². The van der Waals surface area contributed by atoms with E-state index in [0.29, 0.717) is 29.9 Å². The van der Waals surface area contributed by atoms with Gasteiger partial charge in [-0.1, -0.05) is 12.1 Å². The molecule has 12 heteroatoms. The summed E-state index contributed by atoms with van der Waals surface area (Å²) in [5.74, 6) is -0.0183. The molecule has 1 aliphatic heterocycles. The molecule has 1 aromatic heterocycles. The minimum atomic E-state index is -5.97. The Kier molecular flexibility index (Phi) is 6.07. The molecule has 2 aromatic carbocycles. The van der Waals surface area contributed by atoms with Gasteiger partial charge in [-0.2, -0.15) is 31.9 Å². The van der Waals surface area contributed by atoms with Gasteiger partial charge in [0, 0.05) is 30.2 Å². The Morgan fingerprint density at radius 3 is 2.53 bits per heavy atom. The van der Waals surface area contributed by atoms with Crippen LogP contribution in [0.2, 0.25) is 0 Å². The van der Waals surface area contributed by atoms with Crippen molar-refractivity contribution in [1.29, 1.82) is 5.26 Å². The molecule has 180 valence electrons. The number of halogens is 3. The van der Waals surface area contributed by atoms with Crippen molar-refractivity contribution in [2.24, 2.45) is 0 Å². The van der Waals surface area contributed by atoms with E-state index in [1.807, 2.05) is 24.0 Å². The topological polar surface area (TPSA) is 97.5 Å². The highest BCUT2D eigenvalue weighted by atomic mass is 32.2. The maximum Gasteiger partial charge on any atom is 0.534 e. The molecule has 0 radical (unpaired) electrons. The predicted octanol–water partition coefficient (Wildman–Crippen LogP) is 4.18. The maximum absolute atomic E-state index is 13.0. The van der Waals surface area contributed by atoms with E-state index in [2.05, 4.69) is 9.28 Å². The standard InChI is InChI=1S/C22H21F3N4O4S/c1-14-4-3-9-29(14)19-10-20(33-34(30,31)22(23,24)25)17(11-26)21-18(19)13-28(27-21)12-15-5-7-16(32-2)8-6-15/h5-8,10,13-14H,3-4,9,12H2,1-2H3/t14-/m1/s1. The number of anilines is 1. The fourth-order valence-corrected chi connectivity index (χ4v) is 4.51. The van der Waals surface area contributed by atoms with E-state index in [9.17, 15) is 26.9 Å². The minimum Gasteiger partial charge on any atom is -0.497 e. The molecule has 0 saturated carbocycles. The number of rotatable bonds is 6. The zero-order valence-electron chi connectivity index (χ0n) is 18.3. The number of nitrogens with zero attached hydrogens (tertiary/aromatic N) is 4. The first kappa shape index (κ1) is 23.7. The highest BCUT2D eigenvalue weighted by Gasteiger charge is 2.49. The second-order valence-corrected chi connectivity index (χ2v) is 9.52. The van der Waals surface area contributed by atoms with Crippen LogP contribution in [0.1, 0.15) is 30.9 Å². The molecule has 0 amide bonds. The number of ether oxygens (including phenoxy) is 1. The van der Waals surface area contributed by atoms with Crippen LogP contribution in [0.25, 0.3) is 10.9 Å². The second-order valence-electron chi connectivity index (χ2n) is 7.99. The summed E-state index contributed by atoms with van der Waals surface area (Å²) >= 11 is 0. The van der Waals surface area contributed by atoms with E-state index in [1.165, 1.54) is 6.07 Å². The van der Waals surface area contributed by atoms with E-state index in [4.69, 9.17) is 4.74 Å². The quantitative estimate of drug-likeness (QED) is 0.375. The molecule has 0 bridgehead atoms. The molecule has 0 spiro atoms. The number of aromatic nitrogens is 2. The van der Waals surface area contributed by atoms with Crippen molar-refractivity contribution in [3.63, 3.8) is 0 Å². The molecule has 8 nitrogen and oxygen atoms in total. The molecule has 1 saturated heterocycles. The van der Waals surface area contributed by atoms with E-state index in [-0.39, 0.29) is 17.1 Å². The molecule has 2 heterocycles. The van der Waals surface area contributed by atoms with Gasteiger partial charge in [-0.25, -0.2) is 0 Å². The van der Waals surface area contributed by atoms with Crippen LogP contribution in [-0.4, -0.2) is 43.4 Å². The minimum absolute atomic E-state index is 0.0631. The van der Waals surface area contributed by atoms with Gasteiger partial charge in [-0.3, -0.25) is 4.68 Å². The van der Waals surface area contributed by atoms with Crippen molar-refractivity contribution in [2.75, 3.05) is 18.6 Å². The highest BCUT2D eigenvalue weighted by molar-refractivity contribution is 7.88. The Labute approximate surface area is 194 Å². The Morgan fingerprint density at radius 2 is 1.97 bits per heavy atom. The first-order valence-electron chi connectivity index (χ1n) is 10.4. The molecular weight excluding hydrogens is 473 g/mol. The first-order valence-corrected chi connectivity index (χ1v) is 11.8. The van der Waals surface area contributed by atoms with Crippen LogP contribution in [0.5, 0.6) is 11.5 Å². The summed E-state index contributed by atoms with van der Waals surface area (Å²) < 4.78 is 73.5. The number of nitriles is 1. The zero-order chi connectivity index (χ0) is 24.7. The van der Waals surface area contributed by atoms with E-state index in [1.54, 1.807) is 36.2 Å². The number of fused-ring (bicyclic) bond motifs is 1. The summed E-state index contributed by atoms with van der Waals surface area (Å²) in [5.41, 5.74) is -4.61. The lowest BCUT2D eigenvalue weighted by Gasteiger charge is -2.25. The fraction of sp³-hybridized carbons (Fsp3) is 0.364. The van der Waals surface area contributed by atoms with Gasteiger partial charge in [0.2, 0.25) is 0 Å². The molecule has 0 aliphatic carbocycles. The van der Waals surface area contributed by atoms with Gasteiger partial charge < -0.3 is 13.8 Å². The summed E-state index contributed by atoms with van der Waals surface area (Å²) in [6.45, 7) is 2.90. The molecular formula is C22H21F3N4O4S. The van der Waals surface area contributed by atoms with Crippen LogP contribution in [0, 0.1) is 11.3 Å². The molecule has 4 rings (SSSR count). The lowest BCUT2D eigenvalue weighted by atomic mass is 10.1. The summed E-state index contributed by atoms with van der Waals surface area (Å²) in [6, 6.07) is 10.3. The molecule has 1 fully saturated rings. The number of methoxy groups -OCH3 is 1. The van der Waals surface area contributed by atoms with Crippen molar-refractivity contribution < 1.29 is 30.5 Å². The van der Waals surface area contributed by atoms with Gasteiger partial charge in [0.1, 0.15) is 22.9 Å². The lowest BCUT2D eigenvalue weighted by molar-refractivity contribution is -0.0500. The van der Waals surface area contributed by atoms with Gasteiger partial charge in [0.05, 0.1) is 19.3 Å². The number of hydrogen-bond donors (Lipinski definition) is 0. The number of hydrogen-bond acceptors (Lipinski definition) is 7. The molecule has 3 aromatic rings. The van der Waals surface area contributed by atoms with Crippen LogP contribution < -0.4 is 13.8 Å². The number of alkyl halides is 3. The van der Waals surface area contributed by atoms with Gasteiger partial charge in [-0.15, -0.1) is 0 Å².